The van der Waals surface area contributed by atoms with Crippen molar-refractivity contribution in [3.05, 3.63) is 78.4 Å². The quantitative estimate of drug-likeness (QED) is 0.105. The number of aryl methyl sites for hydroxylation is 1. The number of carbonyl (C=O) groups is 1. The van der Waals surface area contributed by atoms with E-state index in [1.807, 2.05) is 47.0 Å². The fraction of sp³-hybridized carbons (Fsp3) is 0.200. The Morgan fingerprint density at radius 3 is 2.30 bits per heavy atom. The Kier molecular flexibility index (Phi) is 6.57. The monoisotopic (exact) mass is 466 g/mol. The van der Waals surface area contributed by atoms with Crippen LogP contribution in [-0.4, -0.2) is 31.8 Å². The van der Waals surface area contributed by atoms with Crippen molar-refractivity contribution in [3.63, 3.8) is 0 Å². The first-order chi connectivity index (χ1) is 15.9. The fourth-order valence-corrected chi connectivity index (χ4v) is 4.50. The number of para-hydroxylation sites is 2. The van der Waals surface area contributed by atoms with Gasteiger partial charge >= 0.3 is 5.97 Å². The predicted octanol–water partition coefficient (Wildman–Crippen LogP) is 4.18. The molecular formula is C25H24NO6S+. The molecule has 33 heavy (non-hydrogen) atoms. The van der Waals surface area contributed by atoms with Gasteiger partial charge in [0.2, 0.25) is 11.0 Å². The van der Waals surface area contributed by atoms with Gasteiger partial charge in [0.25, 0.3) is 10.1 Å². The summed E-state index contributed by atoms with van der Waals surface area (Å²) in [4.78, 5) is 13.4. The van der Waals surface area contributed by atoms with Gasteiger partial charge in [-0.2, -0.15) is 13.0 Å². The third-order valence-corrected chi connectivity index (χ3v) is 6.22. The minimum Gasteiger partial charge on any atom is -0.497 e. The molecule has 0 radical (unpaired) electrons. The van der Waals surface area contributed by atoms with E-state index in [0.717, 1.165) is 11.0 Å². The van der Waals surface area contributed by atoms with Crippen LogP contribution in [0, 0.1) is 0 Å². The lowest BCUT2D eigenvalue weighted by molar-refractivity contribution is -0.645. The van der Waals surface area contributed by atoms with Crippen molar-refractivity contribution in [2.45, 2.75) is 19.4 Å². The van der Waals surface area contributed by atoms with E-state index >= 15 is 0 Å². The standard InChI is InChI=1S/C25H23NO6S/c1-31-19-13-14-23-21(17-19)24(25(27)32-18-9-3-2-4-10-18)20-11-5-6-12-22(20)26(23)15-7-8-16-33(28,29)30/h2-6,9-14,17H,7-8,15-16H2,1H3/p+1. The van der Waals surface area contributed by atoms with Crippen LogP contribution < -0.4 is 14.0 Å². The topological polar surface area (TPSA) is 93.8 Å². The molecular weight excluding hydrogens is 442 g/mol. The summed E-state index contributed by atoms with van der Waals surface area (Å²) in [6, 6.07) is 21.9. The molecule has 1 N–H and O–H groups in total. The minimum absolute atomic E-state index is 0.293. The van der Waals surface area contributed by atoms with Crippen LogP contribution in [0.4, 0.5) is 0 Å². The fourth-order valence-electron chi connectivity index (χ4n) is 3.93. The van der Waals surface area contributed by atoms with Crippen LogP contribution >= 0.6 is 0 Å². The second-order valence-corrected chi connectivity index (χ2v) is 9.19. The SMILES string of the molecule is COc1ccc2c(c1)c(C(=O)Oc1ccccc1)c1ccccc1[n+]2CCCCS(=O)(=O)O. The third kappa shape index (κ3) is 5.13. The number of nitrogens with zero attached hydrogens (tertiary/aromatic N) is 1. The van der Waals surface area contributed by atoms with Crippen molar-refractivity contribution in [2.75, 3.05) is 12.9 Å². The van der Waals surface area contributed by atoms with Gasteiger partial charge in [-0.3, -0.25) is 4.55 Å². The third-order valence-electron chi connectivity index (χ3n) is 5.42. The normalized spacial score (nSPS) is 11.6. The summed E-state index contributed by atoms with van der Waals surface area (Å²) in [5.41, 5.74) is 2.04. The molecule has 0 aliphatic heterocycles. The van der Waals surface area contributed by atoms with E-state index in [0.29, 0.717) is 47.2 Å². The van der Waals surface area contributed by atoms with Gasteiger partial charge in [-0.25, -0.2) is 4.79 Å². The molecule has 7 nitrogen and oxygen atoms in total. The zero-order valence-electron chi connectivity index (χ0n) is 18.1. The number of pyridine rings is 1. The summed E-state index contributed by atoms with van der Waals surface area (Å²) in [6.07, 6.45) is 0.846. The van der Waals surface area contributed by atoms with Crippen molar-refractivity contribution >= 4 is 37.9 Å². The number of hydrogen-bond acceptors (Lipinski definition) is 5. The highest BCUT2D eigenvalue weighted by Gasteiger charge is 2.26. The molecule has 1 aromatic heterocycles. The number of benzene rings is 3. The first-order valence-corrected chi connectivity index (χ1v) is 12.1. The maximum absolute atomic E-state index is 13.4. The van der Waals surface area contributed by atoms with Gasteiger partial charge in [-0.05, 0) is 36.8 Å². The van der Waals surface area contributed by atoms with E-state index in [2.05, 4.69) is 0 Å². The lowest BCUT2D eigenvalue weighted by Gasteiger charge is -2.13. The first-order valence-electron chi connectivity index (χ1n) is 10.5. The van der Waals surface area contributed by atoms with Crippen LogP contribution in [-0.2, 0) is 16.7 Å². The molecule has 0 saturated carbocycles. The van der Waals surface area contributed by atoms with Gasteiger partial charge in [-0.15, -0.1) is 0 Å². The summed E-state index contributed by atoms with van der Waals surface area (Å²) in [5, 5.41) is 1.39. The number of carbonyl (C=O) groups excluding carboxylic acids is 1. The molecule has 0 aliphatic rings. The summed E-state index contributed by atoms with van der Waals surface area (Å²) >= 11 is 0. The molecule has 0 fully saturated rings. The van der Waals surface area contributed by atoms with E-state index in [9.17, 15) is 13.2 Å². The molecule has 4 aromatic rings. The van der Waals surface area contributed by atoms with Gasteiger partial charge in [0.15, 0.2) is 0 Å². The van der Waals surface area contributed by atoms with Crippen LogP contribution in [0.3, 0.4) is 0 Å². The number of fused-ring (bicyclic) bond motifs is 2. The Bertz CT molecular complexity index is 1420. The van der Waals surface area contributed by atoms with Crippen LogP contribution in [0.5, 0.6) is 11.5 Å². The van der Waals surface area contributed by atoms with Gasteiger partial charge in [-0.1, -0.05) is 30.3 Å². The average Bonchev–Trinajstić information content (AvgIpc) is 2.80. The molecule has 0 atom stereocenters. The van der Waals surface area contributed by atoms with Gasteiger partial charge in [0.1, 0.15) is 18.0 Å². The molecule has 0 bridgehead atoms. The van der Waals surface area contributed by atoms with Crippen LogP contribution in [0.1, 0.15) is 23.2 Å². The van der Waals surface area contributed by atoms with Gasteiger partial charge < -0.3 is 9.47 Å². The Balaban J connectivity index is 1.85. The lowest BCUT2D eigenvalue weighted by atomic mass is 10.0. The van der Waals surface area contributed by atoms with Crippen LogP contribution in [0.15, 0.2) is 72.8 Å². The van der Waals surface area contributed by atoms with Crippen molar-refractivity contribution in [1.29, 1.82) is 0 Å². The largest absolute Gasteiger partial charge is 0.497 e. The van der Waals surface area contributed by atoms with E-state index in [1.165, 1.54) is 0 Å². The zero-order valence-corrected chi connectivity index (χ0v) is 18.9. The highest BCUT2D eigenvalue weighted by molar-refractivity contribution is 7.85. The second kappa shape index (κ2) is 9.56. The number of methoxy groups -OCH3 is 1. The molecule has 8 heteroatoms. The van der Waals surface area contributed by atoms with E-state index < -0.39 is 16.1 Å². The minimum atomic E-state index is -4.01. The lowest BCUT2D eigenvalue weighted by Crippen LogP contribution is -2.37. The first kappa shape index (κ1) is 22.7. The maximum Gasteiger partial charge on any atom is 0.345 e. The molecule has 0 spiro atoms. The molecule has 3 aromatic carbocycles. The van der Waals surface area contributed by atoms with Crippen LogP contribution in [0.25, 0.3) is 21.8 Å². The predicted molar refractivity (Wildman–Crippen MR) is 125 cm³/mol. The molecule has 0 saturated heterocycles. The molecule has 0 amide bonds. The summed E-state index contributed by atoms with van der Waals surface area (Å²) < 4.78 is 44.4. The van der Waals surface area contributed by atoms with Gasteiger partial charge in [0, 0.05) is 18.6 Å². The smallest absolute Gasteiger partial charge is 0.345 e. The van der Waals surface area contributed by atoms with E-state index in [4.69, 9.17) is 14.0 Å². The Hall–Kier alpha value is -3.49. The molecule has 1 heterocycles. The summed E-state index contributed by atoms with van der Waals surface area (Å²) in [5.74, 6) is 0.279. The van der Waals surface area contributed by atoms with Crippen LogP contribution in [0.2, 0.25) is 0 Å². The van der Waals surface area contributed by atoms with Crippen molar-refractivity contribution < 1.29 is 31.8 Å². The number of ether oxygens (including phenoxy) is 2. The summed E-state index contributed by atoms with van der Waals surface area (Å²) in [6.45, 7) is 0.507. The second-order valence-electron chi connectivity index (χ2n) is 7.62. The average molecular weight is 467 g/mol. The molecule has 170 valence electrons. The number of aromatic nitrogens is 1. The number of esters is 1. The molecule has 0 unspecified atom stereocenters. The molecule has 0 aliphatic carbocycles. The summed E-state index contributed by atoms with van der Waals surface area (Å²) in [7, 11) is -2.44. The highest BCUT2D eigenvalue weighted by Crippen LogP contribution is 2.29. The Morgan fingerprint density at radius 2 is 1.58 bits per heavy atom. The van der Waals surface area contributed by atoms with Crippen molar-refractivity contribution in [2.24, 2.45) is 0 Å². The maximum atomic E-state index is 13.4. The highest BCUT2D eigenvalue weighted by atomic mass is 32.2. The number of unbranched alkanes of at least 4 members (excludes halogenated alkanes) is 1. The Labute approximate surface area is 191 Å². The van der Waals surface area contributed by atoms with Crippen molar-refractivity contribution in [3.8, 4) is 11.5 Å². The zero-order chi connectivity index (χ0) is 23.4. The number of rotatable bonds is 8. The van der Waals surface area contributed by atoms with Crippen molar-refractivity contribution in [1.82, 2.24) is 0 Å². The van der Waals surface area contributed by atoms with E-state index in [1.54, 1.807) is 37.4 Å². The van der Waals surface area contributed by atoms with E-state index in [-0.39, 0.29) is 5.75 Å². The number of hydrogen-bond donors (Lipinski definition) is 1. The van der Waals surface area contributed by atoms with Gasteiger partial charge in [0.05, 0.1) is 29.2 Å². The Morgan fingerprint density at radius 1 is 0.879 bits per heavy atom. The molecule has 4 rings (SSSR count).